The highest BCUT2D eigenvalue weighted by Crippen LogP contribution is 2.26. The fraction of sp³-hybridized carbons (Fsp3) is 0.0357. The van der Waals surface area contributed by atoms with Crippen molar-refractivity contribution >= 4 is 28.9 Å². The van der Waals surface area contributed by atoms with E-state index >= 15 is 0 Å². The zero-order chi connectivity index (χ0) is 24.7. The summed E-state index contributed by atoms with van der Waals surface area (Å²) < 4.78 is 1.78. The molecule has 0 spiro atoms. The van der Waals surface area contributed by atoms with Crippen LogP contribution in [0.15, 0.2) is 125 Å². The Labute approximate surface area is 211 Å². The van der Waals surface area contributed by atoms with Crippen LogP contribution in [0.5, 0.6) is 0 Å². The lowest BCUT2D eigenvalue weighted by atomic mass is 9.92. The number of hydrogen-bond acceptors (Lipinski definition) is 6. The van der Waals surface area contributed by atoms with E-state index in [9.17, 15) is 10.1 Å². The number of nitro groups is 1. The van der Waals surface area contributed by atoms with Gasteiger partial charge in [-0.25, -0.2) is 9.67 Å². The van der Waals surface area contributed by atoms with Crippen molar-refractivity contribution in [3.63, 3.8) is 0 Å². The van der Waals surface area contributed by atoms with E-state index in [1.54, 1.807) is 29.2 Å². The quantitative estimate of drug-likeness (QED) is 0.150. The van der Waals surface area contributed by atoms with E-state index in [2.05, 4.69) is 29.2 Å². The monoisotopic (exact) mass is 491 g/mol. The topological polar surface area (TPSA) is 85.7 Å². The zero-order valence-corrected chi connectivity index (χ0v) is 19.9. The number of rotatable bonds is 7. The van der Waals surface area contributed by atoms with E-state index in [0.717, 1.165) is 22.4 Å². The lowest BCUT2D eigenvalue weighted by Crippen LogP contribution is -2.13. The van der Waals surface area contributed by atoms with Crippen LogP contribution in [-0.2, 0) is 0 Å². The van der Waals surface area contributed by atoms with E-state index in [1.807, 2.05) is 60.1 Å². The van der Waals surface area contributed by atoms with Gasteiger partial charge in [0.1, 0.15) is 0 Å². The summed E-state index contributed by atoms with van der Waals surface area (Å²) >= 11 is 1.44. The third-order valence-electron chi connectivity index (χ3n) is 5.58. The smallest absolute Gasteiger partial charge is 0.262 e. The second kappa shape index (κ2) is 10.7. The summed E-state index contributed by atoms with van der Waals surface area (Å²) in [4.78, 5) is 20.3. The Kier molecular flexibility index (Phi) is 6.86. The van der Waals surface area contributed by atoms with E-state index in [-0.39, 0.29) is 11.6 Å². The molecule has 0 aliphatic heterocycles. The van der Waals surface area contributed by atoms with Crippen molar-refractivity contribution in [2.45, 2.75) is 5.92 Å². The summed E-state index contributed by atoms with van der Waals surface area (Å²) in [5.74, 6) is -0.0734. The maximum absolute atomic E-state index is 11.1. The third kappa shape index (κ3) is 5.18. The molecule has 0 radical (unpaired) electrons. The van der Waals surface area contributed by atoms with Gasteiger partial charge in [0.25, 0.3) is 5.69 Å². The van der Waals surface area contributed by atoms with Gasteiger partial charge in [-0.15, -0.1) is 11.3 Å². The second-order valence-electron chi connectivity index (χ2n) is 7.91. The van der Waals surface area contributed by atoms with E-state index in [0.29, 0.717) is 10.5 Å². The van der Waals surface area contributed by atoms with E-state index in [1.165, 1.54) is 23.5 Å². The van der Waals surface area contributed by atoms with Gasteiger partial charge in [-0.05, 0) is 35.4 Å². The van der Waals surface area contributed by atoms with E-state index in [4.69, 9.17) is 10.1 Å². The van der Waals surface area contributed by atoms with Crippen molar-refractivity contribution < 1.29 is 4.92 Å². The first-order chi connectivity index (χ1) is 17.7. The van der Waals surface area contributed by atoms with Crippen LogP contribution < -0.4 is 4.80 Å². The Morgan fingerprint density at radius 2 is 1.56 bits per heavy atom. The predicted octanol–water partition coefficient (Wildman–Crippen LogP) is 6.42. The summed E-state index contributed by atoms with van der Waals surface area (Å²) in [5, 5.41) is 18.0. The van der Waals surface area contributed by atoms with Crippen molar-refractivity contribution in [2.75, 3.05) is 0 Å². The minimum absolute atomic E-state index is 0.0394. The maximum Gasteiger partial charge on any atom is 0.269 e. The summed E-state index contributed by atoms with van der Waals surface area (Å²) in [6.07, 6.45) is 5.30. The van der Waals surface area contributed by atoms with Crippen LogP contribution in [0.25, 0.3) is 11.3 Å². The van der Waals surface area contributed by atoms with Gasteiger partial charge in [-0.3, -0.25) is 15.1 Å². The van der Waals surface area contributed by atoms with Crippen molar-refractivity contribution in [2.24, 2.45) is 10.1 Å². The highest BCUT2D eigenvalue weighted by molar-refractivity contribution is 7.07. The SMILES string of the molecule is O=[N+]([O-])c1ccc(-c2csc(=Nc3cccnc3)n2N=CC(c2ccccc2)c2ccccc2)cc1. The first-order valence-corrected chi connectivity index (χ1v) is 12.1. The first kappa shape index (κ1) is 23.1. The Morgan fingerprint density at radius 1 is 0.889 bits per heavy atom. The maximum atomic E-state index is 11.1. The molecule has 0 atom stereocenters. The van der Waals surface area contributed by atoms with Gasteiger partial charge in [0, 0.05) is 41.4 Å². The van der Waals surface area contributed by atoms with Crippen LogP contribution in [0.4, 0.5) is 11.4 Å². The van der Waals surface area contributed by atoms with Crippen LogP contribution in [0, 0.1) is 10.1 Å². The fourth-order valence-corrected chi connectivity index (χ4v) is 4.65. The van der Waals surface area contributed by atoms with Gasteiger partial charge >= 0.3 is 0 Å². The summed E-state index contributed by atoms with van der Waals surface area (Å²) in [7, 11) is 0. The average Bonchev–Trinajstić information content (AvgIpc) is 3.33. The molecule has 176 valence electrons. The Bertz CT molecular complexity index is 1510. The summed E-state index contributed by atoms with van der Waals surface area (Å²) in [6, 6.07) is 30.5. The molecule has 8 heteroatoms. The van der Waals surface area contributed by atoms with Gasteiger partial charge < -0.3 is 0 Å². The summed E-state index contributed by atoms with van der Waals surface area (Å²) in [5.41, 5.74) is 4.57. The fourth-order valence-electron chi connectivity index (χ4n) is 3.79. The third-order valence-corrected chi connectivity index (χ3v) is 6.39. The van der Waals surface area contributed by atoms with Crippen LogP contribution in [0.2, 0.25) is 0 Å². The lowest BCUT2D eigenvalue weighted by molar-refractivity contribution is -0.384. The molecule has 3 aromatic carbocycles. The lowest BCUT2D eigenvalue weighted by Gasteiger charge is -2.13. The van der Waals surface area contributed by atoms with Gasteiger partial charge in [0.15, 0.2) is 0 Å². The number of benzene rings is 3. The van der Waals surface area contributed by atoms with Crippen LogP contribution in [-0.4, -0.2) is 20.8 Å². The highest BCUT2D eigenvalue weighted by atomic mass is 32.1. The molecule has 0 bridgehead atoms. The minimum Gasteiger partial charge on any atom is -0.262 e. The van der Waals surface area contributed by atoms with Crippen LogP contribution >= 0.6 is 11.3 Å². The van der Waals surface area contributed by atoms with Gasteiger partial charge in [-0.1, -0.05) is 60.7 Å². The Balaban J connectivity index is 1.63. The molecule has 0 saturated heterocycles. The highest BCUT2D eigenvalue weighted by Gasteiger charge is 2.14. The number of hydrogen-bond donors (Lipinski definition) is 0. The molecule has 0 amide bonds. The minimum atomic E-state index is -0.406. The first-order valence-electron chi connectivity index (χ1n) is 11.2. The van der Waals surface area contributed by atoms with E-state index < -0.39 is 4.92 Å². The molecule has 2 aromatic heterocycles. The van der Waals surface area contributed by atoms with Gasteiger partial charge in [-0.2, -0.15) is 5.10 Å². The molecule has 7 nitrogen and oxygen atoms in total. The molecule has 36 heavy (non-hydrogen) atoms. The van der Waals surface area contributed by atoms with Crippen molar-refractivity contribution in [3.05, 3.63) is 141 Å². The number of non-ortho nitro benzene ring substituents is 1. The molecular weight excluding hydrogens is 470 g/mol. The standard InChI is InChI=1S/C28H21N5O2S/c34-33(35)25-15-13-23(14-16-25)27-20-36-28(31-24-12-7-17-29-18-24)32(27)30-19-26(21-8-3-1-4-9-21)22-10-5-2-6-11-22/h1-20,26H. The normalized spacial score (nSPS) is 11.9. The number of nitrogens with zero attached hydrogens (tertiary/aromatic N) is 5. The number of thiazole rings is 1. The Hall–Kier alpha value is -4.69. The summed E-state index contributed by atoms with van der Waals surface area (Å²) in [6.45, 7) is 0. The molecule has 5 rings (SSSR count). The number of pyridine rings is 1. The number of aromatic nitrogens is 2. The average molecular weight is 492 g/mol. The molecule has 0 aliphatic carbocycles. The molecular formula is C28H21N5O2S. The number of nitro benzene ring substituents is 1. The second-order valence-corrected chi connectivity index (χ2v) is 8.74. The van der Waals surface area contributed by atoms with Gasteiger partial charge in [0.05, 0.1) is 22.5 Å². The van der Waals surface area contributed by atoms with Crippen LogP contribution in [0.3, 0.4) is 0 Å². The molecule has 0 fully saturated rings. The molecule has 2 heterocycles. The predicted molar refractivity (Wildman–Crippen MR) is 142 cm³/mol. The van der Waals surface area contributed by atoms with Crippen LogP contribution in [0.1, 0.15) is 17.0 Å². The zero-order valence-electron chi connectivity index (χ0n) is 19.1. The molecule has 0 unspecified atom stereocenters. The molecule has 0 N–H and O–H groups in total. The molecule has 0 saturated carbocycles. The van der Waals surface area contributed by atoms with Crippen molar-refractivity contribution in [1.29, 1.82) is 0 Å². The van der Waals surface area contributed by atoms with Crippen molar-refractivity contribution in [3.8, 4) is 11.3 Å². The van der Waals surface area contributed by atoms with Crippen molar-refractivity contribution in [1.82, 2.24) is 9.66 Å². The van der Waals surface area contributed by atoms with Gasteiger partial charge in [0.2, 0.25) is 4.80 Å². The molecule has 5 aromatic rings. The Morgan fingerprint density at radius 3 is 2.14 bits per heavy atom. The molecule has 0 aliphatic rings. The largest absolute Gasteiger partial charge is 0.269 e.